The first-order valence-corrected chi connectivity index (χ1v) is 6.24. The highest BCUT2D eigenvalue weighted by Crippen LogP contribution is 1.91. The second kappa shape index (κ2) is 13.3. The average molecular weight is 278 g/mol. The molecule has 0 N–H and O–H groups in total. The van der Waals surface area contributed by atoms with Crippen molar-refractivity contribution in [2.45, 2.75) is 46.8 Å². The molecule has 0 radical (unpaired) electrons. The number of hydrogen-bond acceptors (Lipinski definition) is 6. The van der Waals surface area contributed by atoms with Crippen LogP contribution < -0.4 is 0 Å². The minimum Gasteiger partial charge on any atom is -0.460 e. The minimum absolute atomic E-state index is 0.127. The Balaban J connectivity index is 0. The van der Waals surface area contributed by atoms with Crippen molar-refractivity contribution in [3.05, 3.63) is 0 Å². The van der Waals surface area contributed by atoms with Crippen LogP contribution >= 0.6 is 0 Å². The number of rotatable bonds is 7. The molecule has 0 aliphatic heterocycles. The molecular weight excluding hydrogens is 252 g/mol. The summed E-state index contributed by atoms with van der Waals surface area (Å²) in [4.78, 5) is 20.6. The van der Waals surface area contributed by atoms with E-state index < -0.39 is 0 Å². The van der Waals surface area contributed by atoms with Gasteiger partial charge >= 0.3 is 11.9 Å². The van der Waals surface area contributed by atoms with Crippen LogP contribution in [0.1, 0.15) is 34.6 Å². The van der Waals surface area contributed by atoms with Crippen molar-refractivity contribution in [3.8, 4) is 0 Å². The first kappa shape index (κ1) is 20.2. The van der Waals surface area contributed by atoms with Gasteiger partial charge in [-0.05, 0) is 20.8 Å². The van der Waals surface area contributed by atoms with Crippen molar-refractivity contribution in [3.63, 3.8) is 0 Å². The van der Waals surface area contributed by atoms with Crippen LogP contribution in [0.4, 0.5) is 0 Å². The molecule has 2 atom stereocenters. The molecule has 0 aromatic heterocycles. The van der Waals surface area contributed by atoms with E-state index in [-0.39, 0.29) is 24.1 Å². The van der Waals surface area contributed by atoms with Crippen LogP contribution in [0.2, 0.25) is 0 Å². The number of ether oxygens (including phenoxy) is 4. The van der Waals surface area contributed by atoms with Crippen LogP contribution in [-0.2, 0) is 28.5 Å². The fraction of sp³-hybridized carbons (Fsp3) is 0.846. The lowest BCUT2D eigenvalue weighted by molar-refractivity contribution is -0.148. The van der Waals surface area contributed by atoms with Crippen LogP contribution in [0, 0.1) is 0 Å². The lowest BCUT2D eigenvalue weighted by Gasteiger charge is -2.10. The van der Waals surface area contributed by atoms with Crippen molar-refractivity contribution in [1.82, 2.24) is 0 Å². The number of esters is 2. The van der Waals surface area contributed by atoms with E-state index in [0.717, 1.165) is 0 Å². The summed E-state index contributed by atoms with van der Waals surface area (Å²) < 4.78 is 19.3. The Hall–Kier alpha value is -1.14. The van der Waals surface area contributed by atoms with E-state index in [0.29, 0.717) is 19.8 Å². The van der Waals surface area contributed by atoms with Gasteiger partial charge in [-0.1, -0.05) is 0 Å². The molecular formula is C13H26O6. The first-order chi connectivity index (χ1) is 8.83. The number of hydrogen-bond donors (Lipinski definition) is 0. The van der Waals surface area contributed by atoms with Gasteiger partial charge in [0, 0.05) is 27.6 Å². The smallest absolute Gasteiger partial charge is 0.302 e. The largest absolute Gasteiger partial charge is 0.460 e. The molecule has 0 amide bonds. The molecule has 0 saturated heterocycles. The van der Waals surface area contributed by atoms with Crippen molar-refractivity contribution in [2.24, 2.45) is 0 Å². The molecule has 0 aromatic carbocycles. The van der Waals surface area contributed by atoms with Crippen LogP contribution in [-0.4, -0.2) is 51.1 Å². The fourth-order valence-corrected chi connectivity index (χ4v) is 1.15. The standard InChI is InChI=1S/C7H14O3.C6H12O3/c1-4-9-5-6(2)10-7(3)8;1-5(4-8-3)9-6(2)7/h6H,4-5H2,1-3H3;5H,4H2,1-3H3. The maximum atomic E-state index is 10.3. The van der Waals surface area contributed by atoms with Gasteiger partial charge < -0.3 is 18.9 Å². The van der Waals surface area contributed by atoms with Crippen LogP contribution in [0.25, 0.3) is 0 Å². The molecule has 19 heavy (non-hydrogen) atoms. The Kier molecular flexibility index (Phi) is 14.1. The number of carbonyl (C=O) groups excluding carboxylic acids is 2. The Morgan fingerprint density at radius 2 is 1.37 bits per heavy atom. The highest BCUT2D eigenvalue weighted by atomic mass is 16.6. The topological polar surface area (TPSA) is 71.1 Å². The highest BCUT2D eigenvalue weighted by Gasteiger charge is 2.03. The lowest BCUT2D eigenvalue weighted by atomic mass is 10.4. The summed E-state index contributed by atoms with van der Waals surface area (Å²) in [7, 11) is 1.57. The molecule has 0 heterocycles. The molecule has 0 spiro atoms. The summed E-state index contributed by atoms with van der Waals surface area (Å²) in [6.45, 7) is 9.86. The normalized spacial score (nSPS) is 12.7. The van der Waals surface area contributed by atoms with Gasteiger partial charge in [0.1, 0.15) is 12.2 Å². The van der Waals surface area contributed by atoms with E-state index in [2.05, 4.69) is 0 Å². The zero-order chi connectivity index (χ0) is 15.3. The van der Waals surface area contributed by atoms with Crippen LogP contribution in [0.5, 0.6) is 0 Å². The fourth-order valence-electron chi connectivity index (χ4n) is 1.15. The molecule has 2 unspecified atom stereocenters. The van der Waals surface area contributed by atoms with Gasteiger partial charge in [-0.2, -0.15) is 0 Å². The third-order valence-electron chi connectivity index (χ3n) is 1.69. The van der Waals surface area contributed by atoms with E-state index in [1.165, 1.54) is 13.8 Å². The van der Waals surface area contributed by atoms with Crippen molar-refractivity contribution in [1.29, 1.82) is 0 Å². The van der Waals surface area contributed by atoms with E-state index in [1.54, 1.807) is 21.0 Å². The Morgan fingerprint density at radius 1 is 0.947 bits per heavy atom. The van der Waals surface area contributed by atoms with Crippen molar-refractivity contribution < 1.29 is 28.5 Å². The molecule has 0 fully saturated rings. The molecule has 6 heteroatoms. The van der Waals surface area contributed by atoms with Gasteiger partial charge in [-0.25, -0.2) is 0 Å². The van der Waals surface area contributed by atoms with Gasteiger partial charge in [0.2, 0.25) is 0 Å². The minimum atomic E-state index is -0.264. The van der Waals surface area contributed by atoms with Crippen molar-refractivity contribution >= 4 is 11.9 Å². The first-order valence-electron chi connectivity index (χ1n) is 6.24. The summed E-state index contributed by atoms with van der Waals surface area (Å²) in [6, 6.07) is 0. The van der Waals surface area contributed by atoms with Crippen LogP contribution in [0.3, 0.4) is 0 Å². The molecule has 114 valence electrons. The van der Waals surface area contributed by atoms with E-state index >= 15 is 0 Å². The van der Waals surface area contributed by atoms with E-state index in [1.807, 2.05) is 6.92 Å². The van der Waals surface area contributed by atoms with Gasteiger partial charge in [0.15, 0.2) is 0 Å². The predicted octanol–water partition coefficient (Wildman–Crippen LogP) is 1.56. The van der Waals surface area contributed by atoms with E-state index in [4.69, 9.17) is 18.9 Å². The Labute approximate surface area is 115 Å². The lowest BCUT2D eigenvalue weighted by Crippen LogP contribution is -2.18. The quantitative estimate of drug-likeness (QED) is 0.658. The Bertz CT molecular complexity index is 241. The SMILES string of the molecule is CCOCC(C)OC(C)=O.COCC(C)OC(C)=O. The maximum absolute atomic E-state index is 10.3. The maximum Gasteiger partial charge on any atom is 0.302 e. The zero-order valence-corrected chi connectivity index (χ0v) is 12.7. The second-order valence-electron chi connectivity index (χ2n) is 3.95. The molecule has 0 aromatic rings. The average Bonchev–Trinajstić information content (AvgIpc) is 2.25. The second-order valence-corrected chi connectivity index (χ2v) is 3.95. The zero-order valence-electron chi connectivity index (χ0n) is 12.7. The number of methoxy groups -OCH3 is 1. The van der Waals surface area contributed by atoms with Crippen LogP contribution in [0.15, 0.2) is 0 Å². The van der Waals surface area contributed by atoms with Gasteiger partial charge in [0.05, 0.1) is 13.2 Å². The monoisotopic (exact) mass is 278 g/mol. The number of carbonyl (C=O) groups is 2. The van der Waals surface area contributed by atoms with E-state index in [9.17, 15) is 9.59 Å². The summed E-state index contributed by atoms with van der Waals surface area (Å²) >= 11 is 0. The molecule has 0 aliphatic rings. The predicted molar refractivity (Wildman–Crippen MR) is 70.8 cm³/mol. The highest BCUT2D eigenvalue weighted by molar-refractivity contribution is 5.66. The third kappa shape index (κ3) is 19.4. The molecule has 0 rings (SSSR count). The molecule has 0 aliphatic carbocycles. The van der Waals surface area contributed by atoms with Gasteiger partial charge in [-0.15, -0.1) is 0 Å². The summed E-state index contributed by atoms with van der Waals surface area (Å²) in [6.07, 6.45) is -0.259. The molecule has 0 bridgehead atoms. The third-order valence-corrected chi connectivity index (χ3v) is 1.69. The molecule has 0 saturated carbocycles. The van der Waals surface area contributed by atoms with Gasteiger partial charge in [-0.3, -0.25) is 9.59 Å². The molecule has 6 nitrogen and oxygen atoms in total. The van der Waals surface area contributed by atoms with Gasteiger partial charge in [0.25, 0.3) is 0 Å². The summed E-state index contributed by atoms with van der Waals surface area (Å²) in [5, 5.41) is 0. The van der Waals surface area contributed by atoms with Crippen molar-refractivity contribution in [2.75, 3.05) is 26.9 Å². The summed E-state index contributed by atoms with van der Waals surface area (Å²) in [5.41, 5.74) is 0. The Morgan fingerprint density at radius 3 is 1.68 bits per heavy atom. The summed E-state index contributed by atoms with van der Waals surface area (Å²) in [5.74, 6) is -0.522.